The number of anilines is 2. The van der Waals surface area contributed by atoms with Crippen molar-refractivity contribution >= 4 is 44.3 Å². The fourth-order valence-corrected chi connectivity index (χ4v) is 9.27. The third-order valence-corrected chi connectivity index (χ3v) is 11.6. The zero-order valence-corrected chi connectivity index (χ0v) is 28.9. The number of fused-ring (bicyclic) bond motifs is 5. The first kappa shape index (κ1) is 30.2. The molecular formula is C36H45BrN6O3. The van der Waals surface area contributed by atoms with Crippen LogP contribution in [0.3, 0.4) is 0 Å². The summed E-state index contributed by atoms with van der Waals surface area (Å²) in [5, 5.41) is 2.45. The molecule has 0 unspecified atom stereocenters. The maximum atomic E-state index is 13.2. The van der Waals surface area contributed by atoms with Crippen molar-refractivity contribution in [3.05, 3.63) is 52.1 Å². The lowest BCUT2D eigenvalue weighted by Gasteiger charge is -2.43. The van der Waals surface area contributed by atoms with Crippen LogP contribution in [0.4, 0.5) is 16.3 Å². The van der Waals surface area contributed by atoms with Crippen LogP contribution in [-0.4, -0.2) is 88.4 Å². The number of carbonyl (C=O) groups excluding carboxylic acids is 1. The Morgan fingerprint density at radius 1 is 0.957 bits per heavy atom. The monoisotopic (exact) mass is 688 g/mol. The number of carbonyl (C=O) groups is 1. The summed E-state index contributed by atoms with van der Waals surface area (Å²) in [6, 6.07) is 13.7. The highest BCUT2D eigenvalue weighted by molar-refractivity contribution is 9.10. The van der Waals surface area contributed by atoms with E-state index in [-0.39, 0.29) is 23.7 Å². The van der Waals surface area contributed by atoms with Gasteiger partial charge in [-0.05, 0) is 96.3 Å². The van der Waals surface area contributed by atoms with Gasteiger partial charge in [-0.1, -0.05) is 40.2 Å². The Labute approximate surface area is 280 Å². The van der Waals surface area contributed by atoms with Crippen LogP contribution in [-0.2, 0) is 17.7 Å². The third-order valence-electron chi connectivity index (χ3n) is 10.9. The molecule has 1 amide bonds. The smallest absolute Gasteiger partial charge is 0.410 e. The maximum Gasteiger partial charge on any atom is 0.410 e. The molecule has 0 radical (unpaired) electrons. The molecule has 3 aromatic rings. The number of hydrogen-bond acceptors (Lipinski definition) is 8. The number of aromatic nitrogens is 2. The highest BCUT2D eigenvalue weighted by Crippen LogP contribution is 2.41. The van der Waals surface area contributed by atoms with Crippen LogP contribution in [0.15, 0.2) is 40.9 Å². The second kappa shape index (κ2) is 11.5. The quantitative estimate of drug-likeness (QED) is 0.299. The van der Waals surface area contributed by atoms with Gasteiger partial charge in [0.2, 0.25) is 0 Å². The van der Waals surface area contributed by atoms with Crippen LogP contribution in [0.5, 0.6) is 6.01 Å². The number of amides is 1. The average Bonchev–Trinajstić information content (AvgIpc) is 3.69. The van der Waals surface area contributed by atoms with E-state index in [2.05, 4.69) is 67.0 Å². The lowest BCUT2D eigenvalue weighted by molar-refractivity contribution is 0.0122. The van der Waals surface area contributed by atoms with Crippen LogP contribution in [0.1, 0.15) is 70.6 Å². The first-order valence-corrected chi connectivity index (χ1v) is 17.9. The third kappa shape index (κ3) is 5.39. The van der Waals surface area contributed by atoms with Crippen LogP contribution < -0.4 is 14.5 Å². The highest BCUT2D eigenvalue weighted by Gasteiger charge is 2.47. The molecule has 4 saturated heterocycles. The van der Waals surface area contributed by atoms with Crippen LogP contribution >= 0.6 is 15.9 Å². The molecule has 4 fully saturated rings. The van der Waals surface area contributed by atoms with E-state index in [9.17, 15) is 4.79 Å². The van der Waals surface area contributed by atoms with Crippen molar-refractivity contribution in [3.8, 4) is 6.01 Å². The molecule has 10 heteroatoms. The zero-order valence-electron chi connectivity index (χ0n) is 27.3. The second-order valence-electron chi connectivity index (χ2n) is 14.9. The van der Waals surface area contributed by atoms with Crippen molar-refractivity contribution < 1.29 is 14.3 Å². The predicted octanol–water partition coefficient (Wildman–Crippen LogP) is 6.55. The van der Waals surface area contributed by atoms with Gasteiger partial charge in [0, 0.05) is 40.7 Å². The number of halogens is 1. The number of rotatable bonds is 5. The maximum absolute atomic E-state index is 13.2. The van der Waals surface area contributed by atoms with Crippen molar-refractivity contribution in [3.63, 3.8) is 0 Å². The lowest BCUT2D eigenvalue weighted by Crippen LogP contribution is -2.57. The van der Waals surface area contributed by atoms with Crippen molar-refractivity contribution in [2.75, 3.05) is 49.1 Å². The molecule has 0 spiro atoms. The van der Waals surface area contributed by atoms with Gasteiger partial charge in [-0.25, -0.2) is 4.79 Å². The minimum absolute atomic E-state index is 0.113. The van der Waals surface area contributed by atoms with Crippen LogP contribution in [0.2, 0.25) is 0 Å². The van der Waals surface area contributed by atoms with Gasteiger partial charge in [0.15, 0.2) is 0 Å². The second-order valence-corrected chi connectivity index (χ2v) is 15.8. The van der Waals surface area contributed by atoms with Gasteiger partial charge < -0.3 is 19.3 Å². The molecule has 8 rings (SSSR count). The summed E-state index contributed by atoms with van der Waals surface area (Å²) in [7, 11) is 0. The minimum Gasteiger partial charge on any atom is -0.461 e. The van der Waals surface area contributed by atoms with Crippen LogP contribution in [0, 0.1) is 0 Å². The van der Waals surface area contributed by atoms with Gasteiger partial charge in [-0.3, -0.25) is 9.80 Å². The molecule has 244 valence electrons. The summed E-state index contributed by atoms with van der Waals surface area (Å²) >= 11 is 3.75. The summed E-state index contributed by atoms with van der Waals surface area (Å²) in [4.78, 5) is 33.0. The van der Waals surface area contributed by atoms with Gasteiger partial charge in [-0.2, -0.15) is 9.97 Å². The Kier molecular flexibility index (Phi) is 7.59. The Hall–Kier alpha value is -3.11. The van der Waals surface area contributed by atoms with Crippen molar-refractivity contribution in [2.45, 2.75) is 95.5 Å². The normalized spacial score (nSPS) is 24.0. The Bertz CT molecular complexity index is 1630. The van der Waals surface area contributed by atoms with Crippen molar-refractivity contribution in [2.24, 2.45) is 0 Å². The molecule has 0 saturated carbocycles. The standard InChI is InChI=1S/C36H45BrN6O3/c1-35(2,3)46-34(44)43-24-10-11-25(43)21-41(20-24)32-28-14-19-40(31-13-12-29(37)26-8-4-5-9-27(26)31)22-30(28)38-33(39-32)45-23-36-15-6-17-42(36)18-7-16-36/h4-5,8-9,12-13,24-25H,6-7,10-11,14-23H2,1-3H3/t24-,25+. The van der Waals surface area contributed by atoms with Gasteiger partial charge in [0.1, 0.15) is 18.0 Å². The topological polar surface area (TPSA) is 74.3 Å². The summed E-state index contributed by atoms with van der Waals surface area (Å²) in [6.07, 6.45) is 7.48. The Balaban J connectivity index is 1.11. The summed E-state index contributed by atoms with van der Waals surface area (Å²) in [5.41, 5.74) is 3.11. The SMILES string of the molecule is CC(C)(C)OC(=O)N1[C@@H]2CC[C@H]1CN(c1nc(OCC34CCCN3CCC4)nc3c1CCN(c1ccc(Br)c4ccccc14)C3)C2. The highest BCUT2D eigenvalue weighted by atomic mass is 79.9. The number of nitrogens with zero attached hydrogens (tertiary/aromatic N) is 6. The van der Waals surface area contributed by atoms with Gasteiger partial charge in [-0.15, -0.1) is 0 Å². The molecule has 6 heterocycles. The molecule has 5 aliphatic heterocycles. The molecule has 1 aromatic heterocycles. The van der Waals surface area contributed by atoms with Gasteiger partial charge >= 0.3 is 12.1 Å². The summed E-state index contributed by atoms with van der Waals surface area (Å²) < 4.78 is 13.5. The van der Waals surface area contributed by atoms with E-state index in [0.29, 0.717) is 19.2 Å². The van der Waals surface area contributed by atoms with E-state index in [1.807, 2.05) is 25.7 Å². The van der Waals surface area contributed by atoms with Gasteiger partial charge in [0.05, 0.1) is 29.9 Å². The molecule has 2 atom stereocenters. The Morgan fingerprint density at radius 2 is 1.67 bits per heavy atom. The number of ether oxygens (including phenoxy) is 2. The largest absolute Gasteiger partial charge is 0.461 e. The van der Waals surface area contributed by atoms with Crippen molar-refractivity contribution in [1.82, 2.24) is 19.8 Å². The number of benzene rings is 2. The molecule has 5 aliphatic rings. The lowest BCUT2D eigenvalue weighted by atomic mass is 9.95. The summed E-state index contributed by atoms with van der Waals surface area (Å²) in [6.45, 7) is 11.9. The van der Waals surface area contributed by atoms with Gasteiger partial charge in [0.25, 0.3) is 0 Å². The van der Waals surface area contributed by atoms with E-state index in [1.165, 1.54) is 60.8 Å². The molecular weight excluding hydrogens is 644 g/mol. The number of piperazine rings is 1. The first-order chi connectivity index (χ1) is 22.2. The fraction of sp³-hybridized carbons (Fsp3) is 0.583. The van der Waals surface area contributed by atoms with E-state index >= 15 is 0 Å². The molecule has 0 aliphatic carbocycles. The fourth-order valence-electron chi connectivity index (χ4n) is 8.79. The molecule has 2 bridgehead atoms. The molecule has 0 N–H and O–H groups in total. The van der Waals surface area contributed by atoms with E-state index in [4.69, 9.17) is 19.4 Å². The van der Waals surface area contributed by atoms with Crippen molar-refractivity contribution in [1.29, 1.82) is 0 Å². The van der Waals surface area contributed by atoms with E-state index < -0.39 is 5.60 Å². The predicted molar refractivity (Wildman–Crippen MR) is 184 cm³/mol. The minimum atomic E-state index is -0.509. The van der Waals surface area contributed by atoms with E-state index in [1.54, 1.807) is 0 Å². The Morgan fingerprint density at radius 3 is 2.39 bits per heavy atom. The molecule has 9 nitrogen and oxygen atoms in total. The molecule has 46 heavy (non-hydrogen) atoms. The number of hydrogen-bond donors (Lipinski definition) is 0. The average molecular weight is 690 g/mol. The van der Waals surface area contributed by atoms with E-state index in [0.717, 1.165) is 54.9 Å². The molecule has 2 aromatic carbocycles. The first-order valence-electron chi connectivity index (χ1n) is 17.1. The zero-order chi connectivity index (χ0) is 31.6. The van der Waals surface area contributed by atoms with Crippen LogP contribution in [0.25, 0.3) is 10.8 Å². The summed E-state index contributed by atoms with van der Waals surface area (Å²) in [5.74, 6) is 0.994.